The Balaban J connectivity index is 2.19. The molecule has 0 spiro atoms. The largest absolute Gasteiger partial charge is 0.497 e. The predicted octanol–water partition coefficient (Wildman–Crippen LogP) is 2.20. The second-order valence-electron chi connectivity index (χ2n) is 4.62. The number of amides is 2. The summed E-state index contributed by atoms with van der Waals surface area (Å²) in [5.74, 6) is 0.348. The average Bonchev–Trinajstić information content (AvgIpc) is 3.07. The summed E-state index contributed by atoms with van der Waals surface area (Å²) < 4.78 is 10.2. The summed E-state index contributed by atoms with van der Waals surface area (Å²) in [5.41, 5.74) is 0.531. The van der Waals surface area contributed by atoms with Gasteiger partial charge in [0.15, 0.2) is 0 Å². The normalized spacial score (nSPS) is 11.0. The fourth-order valence-electron chi connectivity index (χ4n) is 1.87. The average molecular weight is 314 g/mol. The van der Waals surface area contributed by atoms with E-state index in [2.05, 4.69) is 10.6 Å². The molecule has 6 heteroatoms. The molecule has 0 aliphatic rings. The summed E-state index contributed by atoms with van der Waals surface area (Å²) >= 11 is 0. The van der Waals surface area contributed by atoms with Crippen LogP contribution in [0.1, 0.15) is 23.0 Å². The number of nitrogens with one attached hydrogen (secondary N) is 2. The van der Waals surface area contributed by atoms with Crippen molar-refractivity contribution in [2.75, 3.05) is 13.7 Å². The van der Waals surface area contributed by atoms with Crippen molar-refractivity contribution in [3.8, 4) is 5.75 Å². The molecule has 0 saturated carbocycles. The molecular weight excluding hydrogens is 296 g/mol. The number of benzene rings is 1. The van der Waals surface area contributed by atoms with Gasteiger partial charge in [-0.1, -0.05) is 0 Å². The molecule has 1 heterocycles. The number of carbonyl (C=O) groups excluding carboxylic acids is 2. The van der Waals surface area contributed by atoms with Gasteiger partial charge in [-0.2, -0.15) is 0 Å². The first-order chi connectivity index (χ1) is 11.1. The van der Waals surface area contributed by atoms with E-state index in [1.807, 2.05) is 0 Å². The first-order valence-corrected chi connectivity index (χ1v) is 7.13. The van der Waals surface area contributed by atoms with Gasteiger partial charge in [0, 0.05) is 18.2 Å². The van der Waals surface area contributed by atoms with E-state index in [4.69, 9.17) is 9.15 Å². The fourth-order valence-corrected chi connectivity index (χ4v) is 1.87. The number of rotatable bonds is 6. The summed E-state index contributed by atoms with van der Waals surface area (Å²) in [6.07, 6.45) is 2.97. The van der Waals surface area contributed by atoms with Gasteiger partial charge < -0.3 is 19.8 Å². The summed E-state index contributed by atoms with van der Waals surface area (Å²) in [4.78, 5) is 24.4. The van der Waals surface area contributed by atoms with Gasteiger partial charge in [-0.3, -0.25) is 9.59 Å². The molecule has 0 unspecified atom stereocenters. The molecule has 23 heavy (non-hydrogen) atoms. The van der Waals surface area contributed by atoms with Crippen LogP contribution >= 0.6 is 0 Å². The molecule has 2 rings (SSSR count). The monoisotopic (exact) mass is 314 g/mol. The Morgan fingerprint density at radius 1 is 1.22 bits per heavy atom. The minimum atomic E-state index is -0.392. The summed E-state index contributed by atoms with van der Waals surface area (Å²) in [6.45, 7) is 2.25. The second-order valence-corrected chi connectivity index (χ2v) is 4.62. The Morgan fingerprint density at radius 2 is 1.96 bits per heavy atom. The van der Waals surface area contributed by atoms with Crippen molar-refractivity contribution in [3.63, 3.8) is 0 Å². The van der Waals surface area contributed by atoms with Crippen molar-refractivity contribution in [1.29, 1.82) is 0 Å². The molecule has 6 nitrogen and oxygen atoms in total. The SMILES string of the molecule is CCNC(=O)/C(=C/c1ccco1)NC(=O)c1ccc(OC)cc1. The van der Waals surface area contributed by atoms with Crippen LogP contribution in [-0.4, -0.2) is 25.5 Å². The maximum absolute atomic E-state index is 12.3. The van der Waals surface area contributed by atoms with E-state index in [1.165, 1.54) is 12.3 Å². The summed E-state index contributed by atoms with van der Waals surface area (Å²) in [5, 5.41) is 5.25. The molecule has 0 bridgehead atoms. The molecular formula is C17H18N2O4. The zero-order valence-electron chi connectivity index (χ0n) is 13.0. The van der Waals surface area contributed by atoms with Crippen molar-refractivity contribution in [3.05, 3.63) is 59.7 Å². The Hall–Kier alpha value is -3.02. The third-order valence-corrected chi connectivity index (χ3v) is 3.01. The molecule has 2 amide bonds. The molecule has 0 aliphatic carbocycles. The lowest BCUT2D eigenvalue weighted by molar-refractivity contribution is -0.117. The Labute approximate surface area is 134 Å². The zero-order valence-corrected chi connectivity index (χ0v) is 13.0. The van der Waals surface area contributed by atoms with Gasteiger partial charge in [-0.15, -0.1) is 0 Å². The van der Waals surface area contributed by atoms with E-state index >= 15 is 0 Å². The third-order valence-electron chi connectivity index (χ3n) is 3.01. The molecule has 1 aromatic carbocycles. The number of methoxy groups -OCH3 is 1. The number of ether oxygens (including phenoxy) is 1. The third kappa shape index (κ3) is 4.47. The van der Waals surface area contributed by atoms with Gasteiger partial charge >= 0.3 is 0 Å². The highest BCUT2D eigenvalue weighted by atomic mass is 16.5. The molecule has 0 atom stereocenters. The highest BCUT2D eigenvalue weighted by Crippen LogP contribution is 2.12. The number of carbonyl (C=O) groups is 2. The van der Waals surface area contributed by atoms with Gasteiger partial charge in [-0.05, 0) is 43.3 Å². The maximum atomic E-state index is 12.3. The van der Waals surface area contributed by atoms with E-state index < -0.39 is 5.91 Å². The van der Waals surface area contributed by atoms with Crippen LogP contribution in [-0.2, 0) is 4.79 Å². The zero-order chi connectivity index (χ0) is 16.7. The molecule has 0 aliphatic heterocycles. The highest BCUT2D eigenvalue weighted by molar-refractivity contribution is 6.05. The number of likely N-dealkylation sites (N-methyl/N-ethyl adjacent to an activating group) is 1. The van der Waals surface area contributed by atoms with E-state index in [9.17, 15) is 9.59 Å². The van der Waals surface area contributed by atoms with Crippen molar-refractivity contribution in [1.82, 2.24) is 10.6 Å². The lowest BCUT2D eigenvalue weighted by atomic mass is 10.2. The lowest BCUT2D eigenvalue weighted by Crippen LogP contribution is -2.34. The maximum Gasteiger partial charge on any atom is 0.267 e. The van der Waals surface area contributed by atoms with Crippen molar-refractivity contribution in [2.24, 2.45) is 0 Å². The number of hydrogen-bond donors (Lipinski definition) is 2. The fraction of sp³-hybridized carbons (Fsp3) is 0.176. The molecule has 0 fully saturated rings. The summed E-state index contributed by atoms with van der Waals surface area (Å²) in [7, 11) is 1.55. The Kier molecular flexibility index (Phi) is 5.57. The lowest BCUT2D eigenvalue weighted by Gasteiger charge is -2.10. The molecule has 2 aromatic rings. The predicted molar refractivity (Wildman–Crippen MR) is 85.8 cm³/mol. The molecule has 1 aromatic heterocycles. The molecule has 2 N–H and O–H groups in total. The minimum absolute atomic E-state index is 0.114. The molecule has 0 saturated heterocycles. The molecule has 120 valence electrons. The first kappa shape index (κ1) is 16.4. The van der Waals surface area contributed by atoms with Crippen LogP contribution in [0.3, 0.4) is 0 Å². The van der Waals surface area contributed by atoms with Gasteiger partial charge in [0.2, 0.25) is 0 Å². The second kappa shape index (κ2) is 7.84. The van der Waals surface area contributed by atoms with Gasteiger partial charge in [0.05, 0.1) is 13.4 Å². The van der Waals surface area contributed by atoms with Gasteiger partial charge in [-0.25, -0.2) is 0 Å². The Bertz CT molecular complexity index is 688. The number of furan rings is 1. The van der Waals surface area contributed by atoms with E-state index in [0.29, 0.717) is 23.6 Å². The van der Waals surface area contributed by atoms with E-state index in [-0.39, 0.29) is 11.6 Å². The van der Waals surface area contributed by atoms with Crippen molar-refractivity contribution < 1.29 is 18.7 Å². The topological polar surface area (TPSA) is 80.6 Å². The van der Waals surface area contributed by atoms with Crippen LogP contribution in [0.4, 0.5) is 0 Å². The van der Waals surface area contributed by atoms with Crippen LogP contribution in [0.2, 0.25) is 0 Å². The van der Waals surface area contributed by atoms with Gasteiger partial charge in [0.25, 0.3) is 11.8 Å². The standard InChI is InChI=1S/C17H18N2O4/c1-3-18-17(21)15(11-14-5-4-10-23-14)19-16(20)12-6-8-13(22-2)9-7-12/h4-11H,3H2,1-2H3,(H,18,21)(H,19,20)/b15-11-. The van der Waals surface area contributed by atoms with Crippen LogP contribution < -0.4 is 15.4 Å². The van der Waals surface area contributed by atoms with Crippen LogP contribution in [0.5, 0.6) is 5.75 Å². The van der Waals surface area contributed by atoms with Crippen molar-refractivity contribution >= 4 is 17.9 Å². The van der Waals surface area contributed by atoms with E-state index in [1.54, 1.807) is 50.4 Å². The van der Waals surface area contributed by atoms with Crippen LogP contribution in [0.25, 0.3) is 6.08 Å². The highest BCUT2D eigenvalue weighted by Gasteiger charge is 2.14. The summed E-state index contributed by atoms with van der Waals surface area (Å²) in [6, 6.07) is 9.99. The minimum Gasteiger partial charge on any atom is -0.497 e. The van der Waals surface area contributed by atoms with Crippen LogP contribution in [0, 0.1) is 0 Å². The quantitative estimate of drug-likeness (QED) is 0.801. The Morgan fingerprint density at radius 3 is 2.52 bits per heavy atom. The molecule has 0 radical (unpaired) electrons. The van der Waals surface area contributed by atoms with E-state index in [0.717, 1.165) is 0 Å². The smallest absolute Gasteiger partial charge is 0.267 e. The first-order valence-electron chi connectivity index (χ1n) is 7.13. The van der Waals surface area contributed by atoms with Gasteiger partial charge in [0.1, 0.15) is 17.2 Å². The van der Waals surface area contributed by atoms with Crippen LogP contribution in [0.15, 0.2) is 52.8 Å². The number of hydrogen-bond acceptors (Lipinski definition) is 4. The van der Waals surface area contributed by atoms with Crippen molar-refractivity contribution in [2.45, 2.75) is 6.92 Å².